The third-order valence-corrected chi connectivity index (χ3v) is 2.97. The Balaban J connectivity index is 2.36. The summed E-state index contributed by atoms with van der Waals surface area (Å²) < 4.78 is 0. The van der Waals surface area contributed by atoms with E-state index in [-0.39, 0.29) is 0 Å². The molecule has 0 aliphatic rings. The Morgan fingerprint density at radius 2 is 2.21 bits per heavy atom. The third kappa shape index (κ3) is 1.06. The van der Waals surface area contributed by atoms with Gasteiger partial charge in [-0.25, -0.2) is 4.98 Å². The number of fused-ring (bicyclic) bond motifs is 1. The van der Waals surface area contributed by atoms with Crippen molar-refractivity contribution >= 4 is 22.4 Å². The van der Waals surface area contributed by atoms with Gasteiger partial charge in [0, 0.05) is 5.56 Å². The Morgan fingerprint density at radius 1 is 1.21 bits per heavy atom. The first-order valence-corrected chi connectivity index (χ1v) is 5.34. The first-order chi connectivity index (χ1) is 6.95. The highest BCUT2D eigenvalue weighted by Crippen LogP contribution is 2.27. The van der Waals surface area contributed by atoms with Gasteiger partial charge in [0.1, 0.15) is 0 Å². The van der Waals surface area contributed by atoms with Gasteiger partial charge in [-0.2, -0.15) is 11.3 Å². The van der Waals surface area contributed by atoms with E-state index in [1.54, 1.807) is 17.7 Å². The maximum absolute atomic E-state index is 4.32. The molecular weight excluding hydrogens is 192 g/mol. The number of aromatic nitrogens is 2. The molecule has 0 amide bonds. The fraction of sp³-hybridized carbons (Fsp3) is 0. The summed E-state index contributed by atoms with van der Waals surface area (Å²) in [6.45, 7) is 0. The summed E-state index contributed by atoms with van der Waals surface area (Å²) in [5, 5.41) is 4.23. The van der Waals surface area contributed by atoms with Crippen molar-refractivity contribution in [3.8, 4) is 11.1 Å². The number of thiophene rings is 1. The second-order valence-electron chi connectivity index (χ2n) is 3.12. The van der Waals surface area contributed by atoms with E-state index in [0.29, 0.717) is 0 Å². The van der Waals surface area contributed by atoms with Crippen molar-refractivity contribution in [3.63, 3.8) is 0 Å². The van der Waals surface area contributed by atoms with Crippen LogP contribution in [0.25, 0.3) is 22.2 Å². The van der Waals surface area contributed by atoms with E-state index in [0.717, 1.165) is 11.0 Å². The number of aromatic amines is 1. The van der Waals surface area contributed by atoms with Gasteiger partial charge in [0.2, 0.25) is 0 Å². The Bertz CT molecular complexity index is 551. The molecule has 0 saturated carbocycles. The van der Waals surface area contributed by atoms with E-state index < -0.39 is 0 Å². The molecule has 0 saturated heterocycles. The topological polar surface area (TPSA) is 28.7 Å². The molecule has 0 atom stereocenters. The lowest BCUT2D eigenvalue weighted by molar-refractivity contribution is 1.34. The standard InChI is InChI=1S/C11H8N2S/c1-2-9(8-4-5-14-6-8)11-10(3-1)12-7-13-11/h1-7H,(H,12,13). The van der Waals surface area contributed by atoms with Crippen LogP contribution in [0.4, 0.5) is 0 Å². The van der Waals surface area contributed by atoms with Crippen LogP contribution in [0.5, 0.6) is 0 Å². The maximum Gasteiger partial charge on any atom is 0.0961 e. The van der Waals surface area contributed by atoms with Crippen LogP contribution < -0.4 is 0 Å². The second kappa shape index (κ2) is 2.96. The van der Waals surface area contributed by atoms with E-state index >= 15 is 0 Å². The smallest absolute Gasteiger partial charge is 0.0961 e. The van der Waals surface area contributed by atoms with Crippen LogP contribution in [0.2, 0.25) is 0 Å². The number of hydrogen-bond acceptors (Lipinski definition) is 2. The van der Waals surface area contributed by atoms with Gasteiger partial charge in [-0.3, -0.25) is 0 Å². The number of rotatable bonds is 1. The highest BCUT2D eigenvalue weighted by atomic mass is 32.1. The molecule has 0 bridgehead atoms. The molecule has 3 rings (SSSR count). The van der Waals surface area contributed by atoms with Crippen LogP contribution in [0.15, 0.2) is 41.4 Å². The summed E-state index contributed by atoms with van der Waals surface area (Å²) >= 11 is 1.71. The quantitative estimate of drug-likeness (QED) is 0.641. The van der Waals surface area contributed by atoms with Gasteiger partial charge >= 0.3 is 0 Å². The van der Waals surface area contributed by atoms with Crippen LogP contribution in [0, 0.1) is 0 Å². The van der Waals surface area contributed by atoms with E-state index in [1.165, 1.54) is 11.1 Å². The fourth-order valence-corrected chi connectivity index (χ4v) is 2.27. The maximum atomic E-state index is 4.32. The molecular formula is C11H8N2S. The first-order valence-electron chi connectivity index (χ1n) is 4.40. The molecule has 0 unspecified atom stereocenters. The van der Waals surface area contributed by atoms with Gasteiger partial charge in [0.15, 0.2) is 0 Å². The van der Waals surface area contributed by atoms with Crippen LogP contribution >= 0.6 is 11.3 Å². The average molecular weight is 200 g/mol. The van der Waals surface area contributed by atoms with Crippen LogP contribution in [-0.4, -0.2) is 9.97 Å². The summed E-state index contributed by atoms with van der Waals surface area (Å²) in [5.74, 6) is 0. The average Bonchev–Trinajstić information content (AvgIpc) is 2.88. The highest BCUT2D eigenvalue weighted by molar-refractivity contribution is 7.08. The van der Waals surface area contributed by atoms with Gasteiger partial charge in [0.05, 0.1) is 17.4 Å². The van der Waals surface area contributed by atoms with E-state index in [2.05, 4.69) is 32.9 Å². The lowest BCUT2D eigenvalue weighted by Crippen LogP contribution is -1.76. The molecule has 2 nitrogen and oxygen atoms in total. The number of para-hydroxylation sites is 1. The van der Waals surface area contributed by atoms with Crippen molar-refractivity contribution < 1.29 is 0 Å². The molecule has 0 aliphatic heterocycles. The molecule has 2 heterocycles. The predicted octanol–water partition coefficient (Wildman–Crippen LogP) is 3.29. The molecule has 0 radical (unpaired) electrons. The van der Waals surface area contributed by atoms with E-state index in [9.17, 15) is 0 Å². The van der Waals surface area contributed by atoms with Crippen molar-refractivity contribution in [2.75, 3.05) is 0 Å². The largest absolute Gasteiger partial charge is 0.345 e. The monoisotopic (exact) mass is 200 g/mol. The van der Waals surface area contributed by atoms with Crippen LogP contribution in [0.3, 0.4) is 0 Å². The minimum absolute atomic E-state index is 1.05. The summed E-state index contributed by atoms with van der Waals surface area (Å²) in [6, 6.07) is 8.31. The molecule has 14 heavy (non-hydrogen) atoms. The van der Waals surface area contributed by atoms with Crippen molar-refractivity contribution in [1.29, 1.82) is 0 Å². The molecule has 0 spiro atoms. The predicted molar refractivity (Wildman–Crippen MR) is 59.4 cm³/mol. The Labute approximate surface area is 85.2 Å². The van der Waals surface area contributed by atoms with E-state index in [4.69, 9.17) is 0 Å². The van der Waals surface area contributed by atoms with Gasteiger partial charge in [-0.05, 0) is 28.5 Å². The molecule has 3 heteroatoms. The fourth-order valence-electron chi connectivity index (χ4n) is 1.62. The zero-order chi connectivity index (χ0) is 9.38. The lowest BCUT2D eigenvalue weighted by Gasteiger charge is -1.97. The zero-order valence-electron chi connectivity index (χ0n) is 7.40. The summed E-state index contributed by atoms with van der Waals surface area (Å²) in [4.78, 5) is 7.44. The Hall–Kier alpha value is -1.61. The third-order valence-electron chi connectivity index (χ3n) is 2.28. The molecule has 3 aromatic rings. The van der Waals surface area contributed by atoms with Gasteiger partial charge in [0.25, 0.3) is 0 Å². The van der Waals surface area contributed by atoms with Gasteiger partial charge in [-0.15, -0.1) is 0 Å². The second-order valence-corrected chi connectivity index (χ2v) is 3.90. The number of nitrogens with zero attached hydrogens (tertiary/aromatic N) is 1. The van der Waals surface area contributed by atoms with Crippen molar-refractivity contribution in [2.24, 2.45) is 0 Å². The molecule has 0 aliphatic carbocycles. The van der Waals surface area contributed by atoms with Gasteiger partial charge < -0.3 is 4.98 Å². The van der Waals surface area contributed by atoms with Gasteiger partial charge in [-0.1, -0.05) is 12.1 Å². The van der Waals surface area contributed by atoms with Crippen LogP contribution in [-0.2, 0) is 0 Å². The lowest BCUT2D eigenvalue weighted by atomic mass is 10.1. The summed E-state index contributed by atoms with van der Waals surface area (Å²) in [6.07, 6.45) is 1.74. The molecule has 1 aromatic carbocycles. The molecule has 68 valence electrons. The van der Waals surface area contributed by atoms with Crippen LogP contribution in [0.1, 0.15) is 0 Å². The normalized spacial score (nSPS) is 10.9. The molecule has 2 aromatic heterocycles. The van der Waals surface area contributed by atoms with Crippen molar-refractivity contribution in [3.05, 3.63) is 41.4 Å². The first kappa shape index (κ1) is 7.76. The Morgan fingerprint density at radius 3 is 3.07 bits per heavy atom. The number of H-pyrrole nitrogens is 1. The minimum Gasteiger partial charge on any atom is -0.345 e. The van der Waals surface area contributed by atoms with Crippen molar-refractivity contribution in [2.45, 2.75) is 0 Å². The zero-order valence-corrected chi connectivity index (χ0v) is 8.21. The number of imidazole rings is 1. The summed E-state index contributed by atoms with van der Waals surface area (Å²) in [5.41, 5.74) is 4.58. The van der Waals surface area contributed by atoms with E-state index in [1.807, 2.05) is 12.1 Å². The number of hydrogen-bond donors (Lipinski definition) is 1. The molecule has 1 N–H and O–H groups in total. The summed E-state index contributed by atoms with van der Waals surface area (Å²) in [7, 11) is 0. The Kier molecular flexibility index (Phi) is 1.64. The highest BCUT2D eigenvalue weighted by Gasteiger charge is 2.04. The number of nitrogens with one attached hydrogen (secondary N) is 1. The minimum atomic E-state index is 1.05. The number of benzene rings is 1. The SMILES string of the molecule is c1cc(-c2ccsc2)c2nc[nH]c2c1. The molecule has 0 fully saturated rings. The van der Waals surface area contributed by atoms with Crippen molar-refractivity contribution in [1.82, 2.24) is 9.97 Å².